The van der Waals surface area contributed by atoms with Gasteiger partial charge in [0.1, 0.15) is 5.76 Å². The first kappa shape index (κ1) is 17.8. The van der Waals surface area contributed by atoms with E-state index in [-0.39, 0.29) is 5.25 Å². The van der Waals surface area contributed by atoms with Gasteiger partial charge in [-0.15, -0.1) is 10.2 Å². The van der Waals surface area contributed by atoms with Gasteiger partial charge in [0.25, 0.3) is 0 Å². The van der Waals surface area contributed by atoms with Gasteiger partial charge in [0.15, 0.2) is 4.34 Å². The Bertz CT molecular complexity index is 984. The van der Waals surface area contributed by atoms with Gasteiger partial charge >= 0.3 is 0 Å². The largest absolute Gasteiger partial charge is 0.467 e. The van der Waals surface area contributed by atoms with E-state index < -0.39 is 0 Å². The van der Waals surface area contributed by atoms with E-state index >= 15 is 0 Å². The third kappa shape index (κ3) is 4.40. The lowest BCUT2D eigenvalue weighted by atomic mass is 10.0. The standard InChI is InChI=1S/C21H19N3OS2/c1-15-8-5-6-12-18(15)19(16-9-3-2-4-10-16)26-21-24-23-20(27-21)22-14-17-11-7-13-25-17/h2-13,19H,14H2,1H3,(H,22,23). The molecule has 2 heterocycles. The molecule has 0 saturated heterocycles. The minimum absolute atomic E-state index is 0.179. The Hall–Kier alpha value is -2.57. The van der Waals surface area contributed by atoms with Crippen LogP contribution in [-0.2, 0) is 6.54 Å². The second-order valence-corrected chi connectivity index (χ2v) is 8.40. The second-order valence-electron chi connectivity index (χ2n) is 6.07. The van der Waals surface area contributed by atoms with Crippen molar-refractivity contribution in [2.75, 3.05) is 5.32 Å². The maximum atomic E-state index is 5.34. The minimum Gasteiger partial charge on any atom is -0.467 e. The number of hydrogen-bond donors (Lipinski definition) is 1. The molecule has 0 aliphatic heterocycles. The van der Waals surface area contributed by atoms with Crippen molar-refractivity contribution in [2.24, 2.45) is 0 Å². The molecule has 0 radical (unpaired) electrons. The molecule has 1 unspecified atom stereocenters. The second kappa shape index (κ2) is 8.41. The van der Waals surface area contributed by atoms with Crippen LogP contribution in [0, 0.1) is 6.92 Å². The van der Waals surface area contributed by atoms with Crippen molar-refractivity contribution in [3.8, 4) is 0 Å². The van der Waals surface area contributed by atoms with Crippen LogP contribution in [0.3, 0.4) is 0 Å². The maximum Gasteiger partial charge on any atom is 0.206 e. The maximum absolute atomic E-state index is 5.34. The number of aromatic nitrogens is 2. The van der Waals surface area contributed by atoms with Crippen LogP contribution in [0.25, 0.3) is 0 Å². The molecule has 0 bridgehead atoms. The average molecular weight is 394 g/mol. The molecule has 136 valence electrons. The first-order valence-electron chi connectivity index (χ1n) is 8.66. The van der Waals surface area contributed by atoms with Gasteiger partial charge in [0.05, 0.1) is 18.1 Å². The van der Waals surface area contributed by atoms with Crippen LogP contribution < -0.4 is 5.32 Å². The van der Waals surface area contributed by atoms with E-state index in [4.69, 9.17) is 4.42 Å². The van der Waals surface area contributed by atoms with Crippen LogP contribution in [-0.4, -0.2) is 10.2 Å². The van der Waals surface area contributed by atoms with Crippen molar-refractivity contribution in [3.63, 3.8) is 0 Å². The summed E-state index contributed by atoms with van der Waals surface area (Å²) in [6.07, 6.45) is 1.67. The van der Waals surface area contributed by atoms with Gasteiger partial charge in [-0.3, -0.25) is 0 Å². The summed E-state index contributed by atoms with van der Waals surface area (Å²) in [5.74, 6) is 0.876. The molecule has 1 atom stereocenters. The van der Waals surface area contributed by atoms with Crippen molar-refractivity contribution < 1.29 is 4.42 Å². The molecule has 4 nitrogen and oxygen atoms in total. The van der Waals surface area contributed by atoms with Crippen LogP contribution in [0.1, 0.15) is 27.7 Å². The number of aryl methyl sites for hydroxylation is 1. The van der Waals surface area contributed by atoms with Gasteiger partial charge in [-0.1, -0.05) is 77.7 Å². The predicted molar refractivity (Wildman–Crippen MR) is 111 cm³/mol. The fourth-order valence-electron chi connectivity index (χ4n) is 2.83. The Kier molecular flexibility index (Phi) is 5.55. The predicted octanol–water partition coefficient (Wildman–Crippen LogP) is 5.93. The van der Waals surface area contributed by atoms with E-state index in [0.29, 0.717) is 6.54 Å². The SMILES string of the molecule is Cc1ccccc1C(Sc1nnc(NCc2ccco2)s1)c1ccccc1. The van der Waals surface area contributed by atoms with E-state index in [2.05, 4.69) is 71.0 Å². The Morgan fingerprint density at radius 1 is 1.00 bits per heavy atom. The number of thioether (sulfide) groups is 1. The van der Waals surface area contributed by atoms with Crippen molar-refractivity contribution in [1.82, 2.24) is 10.2 Å². The molecule has 6 heteroatoms. The molecule has 0 saturated carbocycles. The van der Waals surface area contributed by atoms with Crippen LogP contribution in [0.4, 0.5) is 5.13 Å². The van der Waals surface area contributed by atoms with E-state index in [9.17, 15) is 0 Å². The molecule has 2 aromatic heterocycles. The zero-order valence-corrected chi connectivity index (χ0v) is 16.5. The van der Waals surface area contributed by atoms with Crippen molar-refractivity contribution in [1.29, 1.82) is 0 Å². The number of hydrogen-bond acceptors (Lipinski definition) is 6. The fourth-order valence-corrected chi connectivity index (χ4v) is 4.99. The van der Waals surface area contributed by atoms with E-state index in [0.717, 1.165) is 15.2 Å². The molecule has 0 amide bonds. The number of anilines is 1. The molecule has 27 heavy (non-hydrogen) atoms. The van der Waals surface area contributed by atoms with E-state index in [1.807, 2.05) is 18.2 Å². The summed E-state index contributed by atoms with van der Waals surface area (Å²) < 4.78 is 6.28. The van der Waals surface area contributed by atoms with Crippen molar-refractivity contribution in [3.05, 3.63) is 95.4 Å². The van der Waals surface area contributed by atoms with Crippen LogP contribution in [0.2, 0.25) is 0 Å². The van der Waals surface area contributed by atoms with Crippen molar-refractivity contribution in [2.45, 2.75) is 23.1 Å². The molecule has 2 aromatic carbocycles. The van der Waals surface area contributed by atoms with Crippen LogP contribution >= 0.6 is 23.1 Å². The number of furan rings is 1. The number of rotatable bonds is 7. The summed E-state index contributed by atoms with van der Waals surface area (Å²) in [6, 6.07) is 22.9. The molecular weight excluding hydrogens is 374 g/mol. The van der Waals surface area contributed by atoms with Gasteiger partial charge < -0.3 is 9.73 Å². The monoisotopic (exact) mass is 393 g/mol. The average Bonchev–Trinajstić information content (AvgIpc) is 3.38. The highest BCUT2D eigenvalue weighted by atomic mass is 32.2. The van der Waals surface area contributed by atoms with Gasteiger partial charge in [0, 0.05) is 0 Å². The highest BCUT2D eigenvalue weighted by Crippen LogP contribution is 2.43. The van der Waals surface area contributed by atoms with Gasteiger partial charge in [0.2, 0.25) is 5.13 Å². The Morgan fingerprint density at radius 3 is 2.59 bits per heavy atom. The molecule has 0 fully saturated rings. The molecular formula is C21H19N3OS2. The van der Waals surface area contributed by atoms with Gasteiger partial charge in [-0.25, -0.2) is 0 Å². The summed E-state index contributed by atoms with van der Waals surface area (Å²) in [5, 5.41) is 12.9. The smallest absolute Gasteiger partial charge is 0.206 e. The van der Waals surface area contributed by atoms with E-state index in [1.165, 1.54) is 16.7 Å². The Morgan fingerprint density at radius 2 is 1.81 bits per heavy atom. The molecule has 0 aliphatic rings. The molecule has 0 aliphatic carbocycles. The summed E-state index contributed by atoms with van der Waals surface area (Å²) in [7, 11) is 0. The highest BCUT2D eigenvalue weighted by molar-refractivity contribution is 8.01. The van der Waals surface area contributed by atoms with Gasteiger partial charge in [-0.05, 0) is 35.7 Å². The quantitative estimate of drug-likeness (QED) is 0.394. The van der Waals surface area contributed by atoms with Crippen LogP contribution in [0.5, 0.6) is 0 Å². The third-order valence-corrected chi connectivity index (χ3v) is 6.45. The van der Waals surface area contributed by atoms with E-state index in [1.54, 1.807) is 29.4 Å². The Balaban J connectivity index is 1.54. The lowest BCUT2D eigenvalue weighted by molar-refractivity contribution is 0.518. The number of nitrogens with zero attached hydrogens (tertiary/aromatic N) is 2. The minimum atomic E-state index is 0.179. The summed E-state index contributed by atoms with van der Waals surface area (Å²) in [4.78, 5) is 0. The number of benzene rings is 2. The first-order valence-corrected chi connectivity index (χ1v) is 10.4. The molecule has 4 rings (SSSR count). The Labute approximate surface area is 166 Å². The molecule has 0 spiro atoms. The fraction of sp³-hybridized carbons (Fsp3) is 0.143. The lowest BCUT2D eigenvalue weighted by Crippen LogP contribution is -1.99. The first-order chi connectivity index (χ1) is 13.3. The highest BCUT2D eigenvalue weighted by Gasteiger charge is 2.19. The van der Waals surface area contributed by atoms with Crippen molar-refractivity contribution >= 4 is 28.2 Å². The van der Waals surface area contributed by atoms with Crippen LogP contribution in [0.15, 0.2) is 81.8 Å². The lowest BCUT2D eigenvalue weighted by Gasteiger charge is -2.18. The summed E-state index contributed by atoms with van der Waals surface area (Å²) in [5.41, 5.74) is 3.84. The van der Waals surface area contributed by atoms with Gasteiger partial charge in [-0.2, -0.15) is 0 Å². The molecule has 1 N–H and O–H groups in total. The molecule has 4 aromatic rings. The summed E-state index contributed by atoms with van der Waals surface area (Å²) >= 11 is 3.30. The number of nitrogens with one attached hydrogen (secondary N) is 1. The zero-order chi connectivity index (χ0) is 18.5. The topological polar surface area (TPSA) is 51.0 Å². The third-order valence-electron chi connectivity index (χ3n) is 4.19. The zero-order valence-electron chi connectivity index (χ0n) is 14.8. The normalized spacial score (nSPS) is 12.0. The summed E-state index contributed by atoms with van der Waals surface area (Å²) in [6.45, 7) is 2.76.